The van der Waals surface area contributed by atoms with Crippen molar-refractivity contribution in [1.29, 1.82) is 5.26 Å². The first kappa shape index (κ1) is 29.0. The molecule has 2 aromatic rings. The predicted octanol–water partition coefficient (Wildman–Crippen LogP) is 6.22. The first-order valence-corrected chi connectivity index (χ1v) is 11.9. The molecule has 4 rings (SSSR count). The van der Waals surface area contributed by atoms with E-state index >= 15 is 0 Å². The Morgan fingerprint density at radius 2 is 1.63 bits per heavy atom. The summed E-state index contributed by atoms with van der Waals surface area (Å²) in [5.41, 5.74) is -2.77. The minimum absolute atomic E-state index is 0.117. The minimum Gasteiger partial charge on any atom is -0.395 e. The number of nitrogens with zero attached hydrogens (tertiary/aromatic N) is 3. The van der Waals surface area contributed by atoms with E-state index in [9.17, 15) is 36.5 Å². The van der Waals surface area contributed by atoms with Crippen LogP contribution >= 0.6 is 0 Å². The fourth-order valence-corrected chi connectivity index (χ4v) is 3.74. The molecule has 0 atom stereocenters. The molecule has 206 valence electrons. The molecule has 38 heavy (non-hydrogen) atoms. The normalized spacial score (nSPS) is 15.2. The van der Waals surface area contributed by atoms with Gasteiger partial charge in [0.15, 0.2) is 0 Å². The summed E-state index contributed by atoms with van der Waals surface area (Å²) in [4.78, 5) is 11.3. The molecule has 0 saturated heterocycles. The number of alkyl halides is 6. The molecule has 0 amide bonds. The van der Waals surface area contributed by atoms with Crippen LogP contribution in [0.3, 0.4) is 0 Å². The number of nitro groups is 1. The first-order valence-electron chi connectivity index (χ1n) is 11.9. The Morgan fingerprint density at radius 1 is 1.00 bits per heavy atom. The average Bonchev–Trinajstić information content (AvgIpc) is 3.77. The summed E-state index contributed by atoms with van der Waals surface area (Å²) >= 11 is 0. The number of nitrogens with one attached hydrogen (secondary N) is 1. The summed E-state index contributed by atoms with van der Waals surface area (Å²) in [6.45, 7) is 1.42. The zero-order valence-electron chi connectivity index (χ0n) is 20.1. The van der Waals surface area contributed by atoms with Gasteiger partial charge >= 0.3 is 12.4 Å². The van der Waals surface area contributed by atoms with Crippen LogP contribution in [-0.2, 0) is 12.4 Å². The summed E-state index contributed by atoms with van der Waals surface area (Å²) in [6.07, 6.45) is -4.97. The lowest BCUT2D eigenvalue weighted by atomic mass is 10.1. The van der Waals surface area contributed by atoms with Crippen molar-refractivity contribution >= 4 is 17.1 Å². The summed E-state index contributed by atoms with van der Waals surface area (Å²) in [5.74, 6) is 1.00. The third kappa shape index (κ3) is 8.24. The number of anilines is 2. The van der Waals surface area contributed by atoms with E-state index in [1.807, 2.05) is 0 Å². The van der Waals surface area contributed by atoms with Gasteiger partial charge in [0.2, 0.25) is 0 Å². The van der Waals surface area contributed by atoms with Gasteiger partial charge in [-0.15, -0.1) is 0 Å². The Labute approximate surface area is 214 Å². The Morgan fingerprint density at radius 3 is 2.13 bits per heavy atom. The Hall–Kier alpha value is -3.53. The van der Waals surface area contributed by atoms with E-state index < -0.39 is 34.1 Å². The number of rotatable bonds is 9. The monoisotopic (exact) mass is 544 g/mol. The Bertz CT molecular complexity index is 1170. The molecular formula is C25H26F6N4O3. The average molecular weight is 544 g/mol. The maximum Gasteiger partial charge on any atom is 0.423 e. The van der Waals surface area contributed by atoms with Gasteiger partial charge in [0.25, 0.3) is 5.69 Å². The highest BCUT2D eigenvalue weighted by atomic mass is 19.4. The van der Waals surface area contributed by atoms with Crippen LogP contribution in [-0.4, -0.2) is 36.3 Å². The summed E-state index contributed by atoms with van der Waals surface area (Å²) < 4.78 is 76.8. The van der Waals surface area contributed by atoms with Gasteiger partial charge in [-0.3, -0.25) is 10.1 Å². The molecule has 2 fully saturated rings. The van der Waals surface area contributed by atoms with Crippen LogP contribution in [0.2, 0.25) is 0 Å². The number of benzene rings is 2. The fourth-order valence-electron chi connectivity index (χ4n) is 3.74. The molecule has 2 aromatic carbocycles. The maximum absolute atomic E-state index is 12.9. The van der Waals surface area contributed by atoms with Gasteiger partial charge < -0.3 is 15.3 Å². The summed E-state index contributed by atoms with van der Waals surface area (Å²) in [7, 11) is 0. The van der Waals surface area contributed by atoms with E-state index in [1.54, 1.807) is 11.0 Å². The van der Waals surface area contributed by atoms with Gasteiger partial charge in [-0.05, 0) is 67.9 Å². The smallest absolute Gasteiger partial charge is 0.395 e. The van der Waals surface area contributed by atoms with Crippen molar-refractivity contribution in [3.8, 4) is 6.07 Å². The van der Waals surface area contributed by atoms with E-state index in [2.05, 4.69) is 5.32 Å². The highest BCUT2D eigenvalue weighted by molar-refractivity contribution is 5.56. The lowest BCUT2D eigenvalue weighted by Crippen LogP contribution is -2.29. The van der Waals surface area contributed by atoms with E-state index in [0.717, 1.165) is 43.9 Å². The van der Waals surface area contributed by atoms with Crippen LogP contribution in [0.15, 0.2) is 36.4 Å². The van der Waals surface area contributed by atoms with Crippen molar-refractivity contribution in [2.24, 2.45) is 11.8 Å². The molecule has 0 unspecified atom stereocenters. The topological polar surface area (TPSA) is 102 Å². The number of aliphatic hydroxyl groups excluding tert-OH is 1. The number of nitriles is 1. The van der Waals surface area contributed by atoms with E-state index in [1.165, 1.54) is 18.2 Å². The van der Waals surface area contributed by atoms with Gasteiger partial charge in [-0.25, -0.2) is 0 Å². The van der Waals surface area contributed by atoms with Gasteiger partial charge in [-0.1, -0.05) is 0 Å². The SMILES string of the molecule is N#Cc1ccc(N(CCO)CC2CC2)cc1C(F)(F)F.O=[N+]([O-])c1ccc(NCC2CC2)cc1C(F)(F)F. The highest BCUT2D eigenvalue weighted by Gasteiger charge is 2.38. The molecule has 7 nitrogen and oxygen atoms in total. The van der Waals surface area contributed by atoms with Gasteiger partial charge in [-0.2, -0.15) is 31.6 Å². The lowest BCUT2D eigenvalue weighted by Gasteiger charge is -2.25. The molecule has 2 aliphatic rings. The molecular weight excluding hydrogens is 518 g/mol. The highest BCUT2D eigenvalue weighted by Crippen LogP contribution is 2.38. The van der Waals surface area contributed by atoms with Crippen LogP contribution in [0.25, 0.3) is 0 Å². The molecule has 2 saturated carbocycles. The molecule has 0 radical (unpaired) electrons. The van der Waals surface area contributed by atoms with E-state index in [4.69, 9.17) is 10.4 Å². The van der Waals surface area contributed by atoms with Gasteiger partial charge in [0, 0.05) is 37.1 Å². The van der Waals surface area contributed by atoms with Gasteiger partial charge in [0.1, 0.15) is 5.56 Å². The molecule has 13 heteroatoms. The molecule has 0 aliphatic heterocycles. The molecule has 0 heterocycles. The standard InChI is InChI=1S/C14H15F3N2O.C11H11F3N2O2/c15-14(16,17)13-7-12(4-3-11(13)8-18)19(5-6-20)9-10-1-2-10;12-11(13,14)9-5-8(15-6-7-1-2-7)3-4-10(9)16(17)18/h3-4,7,10,20H,1-2,5-6,9H2;3-5,7,15H,1-2,6H2. The number of halogens is 6. The second-order valence-electron chi connectivity index (χ2n) is 9.26. The lowest BCUT2D eigenvalue weighted by molar-refractivity contribution is -0.388. The Balaban J connectivity index is 0.000000212. The van der Waals surface area contributed by atoms with Crippen molar-refractivity contribution in [1.82, 2.24) is 0 Å². The third-order valence-corrected chi connectivity index (χ3v) is 6.13. The molecule has 0 bridgehead atoms. The second kappa shape index (κ2) is 11.9. The van der Waals surface area contributed by atoms with Gasteiger partial charge in [0.05, 0.1) is 28.7 Å². The molecule has 2 N–H and O–H groups in total. The summed E-state index contributed by atoms with van der Waals surface area (Å²) in [6, 6.07) is 8.24. The van der Waals surface area contributed by atoms with Crippen LogP contribution in [0.1, 0.15) is 42.4 Å². The second-order valence-corrected chi connectivity index (χ2v) is 9.26. The Kier molecular flexibility index (Phi) is 9.09. The van der Waals surface area contributed by atoms with Crippen LogP contribution in [0, 0.1) is 33.3 Å². The van der Waals surface area contributed by atoms with Crippen molar-refractivity contribution in [3.05, 3.63) is 63.2 Å². The van der Waals surface area contributed by atoms with Crippen molar-refractivity contribution in [2.45, 2.75) is 38.0 Å². The number of hydrogen-bond donors (Lipinski definition) is 2. The first-order chi connectivity index (χ1) is 17.8. The third-order valence-electron chi connectivity index (χ3n) is 6.13. The van der Waals surface area contributed by atoms with E-state index in [0.29, 0.717) is 37.2 Å². The van der Waals surface area contributed by atoms with Crippen molar-refractivity contribution in [2.75, 3.05) is 36.5 Å². The maximum atomic E-state index is 12.9. The number of nitro benzene ring substituents is 1. The summed E-state index contributed by atoms with van der Waals surface area (Å²) in [5, 5.41) is 31.2. The fraction of sp³-hybridized carbons (Fsp3) is 0.480. The molecule has 0 spiro atoms. The molecule has 0 aromatic heterocycles. The van der Waals surface area contributed by atoms with Crippen LogP contribution in [0.4, 0.5) is 43.4 Å². The van der Waals surface area contributed by atoms with Crippen LogP contribution < -0.4 is 10.2 Å². The van der Waals surface area contributed by atoms with Crippen molar-refractivity contribution in [3.63, 3.8) is 0 Å². The number of aliphatic hydroxyl groups is 1. The largest absolute Gasteiger partial charge is 0.423 e. The zero-order chi connectivity index (χ0) is 28.1. The quantitative estimate of drug-likeness (QED) is 0.221. The number of hydrogen-bond acceptors (Lipinski definition) is 6. The van der Waals surface area contributed by atoms with E-state index in [-0.39, 0.29) is 17.9 Å². The van der Waals surface area contributed by atoms with Crippen molar-refractivity contribution < 1.29 is 36.4 Å². The minimum atomic E-state index is -4.72. The predicted molar refractivity (Wildman–Crippen MR) is 127 cm³/mol. The molecule has 2 aliphatic carbocycles. The zero-order valence-corrected chi connectivity index (χ0v) is 20.1. The van der Waals surface area contributed by atoms with Crippen LogP contribution in [0.5, 0.6) is 0 Å².